The highest BCUT2D eigenvalue weighted by atomic mass is 32.1. The van der Waals surface area contributed by atoms with E-state index < -0.39 is 4.92 Å². The molecule has 1 saturated heterocycles. The largest absolute Gasteiger partial charge is 0.349 e. The van der Waals surface area contributed by atoms with Crippen LogP contribution in [0.3, 0.4) is 0 Å². The number of nitrogens with one attached hydrogen (secondary N) is 1. The Labute approximate surface area is 117 Å². The zero-order valence-electron chi connectivity index (χ0n) is 10.8. The summed E-state index contributed by atoms with van der Waals surface area (Å²) in [6, 6.07) is 6.41. The second kappa shape index (κ2) is 5.97. The summed E-state index contributed by atoms with van der Waals surface area (Å²) in [6.07, 6.45) is 2.27. The number of hydrogen-bond donors (Lipinski definition) is 1. The Morgan fingerprint density at radius 1 is 1.47 bits per heavy atom. The number of hydrogen-bond acceptors (Lipinski definition) is 3. The summed E-state index contributed by atoms with van der Waals surface area (Å²) in [5.74, 6) is 0.747. The maximum Gasteiger partial charge on any atom is 0.271 e. The topological polar surface area (TPSA) is 58.4 Å². The Balaban J connectivity index is 1.98. The highest BCUT2D eigenvalue weighted by molar-refractivity contribution is 7.80. The van der Waals surface area contributed by atoms with E-state index in [-0.39, 0.29) is 5.69 Å². The first kappa shape index (κ1) is 13.7. The molecule has 0 atom stereocenters. The van der Waals surface area contributed by atoms with Gasteiger partial charge >= 0.3 is 0 Å². The molecule has 0 spiro atoms. The molecule has 0 aliphatic carbocycles. The number of nitro benzene ring substituents is 1. The SMILES string of the molecule is CC1CCN(C(=S)Nc2cccc([N+](=O)[O-])c2)CC1. The highest BCUT2D eigenvalue weighted by Crippen LogP contribution is 2.20. The fourth-order valence-electron chi connectivity index (χ4n) is 2.11. The molecule has 0 amide bonds. The Bertz CT molecular complexity index is 485. The van der Waals surface area contributed by atoms with E-state index in [1.165, 1.54) is 12.1 Å². The third-order valence-electron chi connectivity index (χ3n) is 3.38. The summed E-state index contributed by atoms with van der Waals surface area (Å²) in [6.45, 7) is 4.14. The molecule has 5 nitrogen and oxygen atoms in total. The molecule has 2 rings (SSSR count). The van der Waals surface area contributed by atoms with E-state index in [2.05, 4.69) is 17.1 Å². The molecule has 102 valence electrons. The lowest BCUT2D eigenvalue weighted by atomic mass is 10.00. The molecular weight excluding hydrogens is 262 g/mol. The molecule has 0 aromatic heterocycles. The van der Waals surface area contributed by atoms with E-state index >= 15 is 0 Å². The second-order valence-corrected chi connectivity index (χ2v) is 5.29. The minimum absolute atomic E-state index is 0.0695. The molecule has 0 saturated carbocycles. The average molecular weight is 279 g/mol. The van der Waals surface area contributed by atoms with E-state index in [1.807, 2.05) is 0 Å². The zero-order valence-corrected chi connectivity index (χ0v) is 11.7. The molecule has 1 aliphatic rings. The molecule has 1 fully saturated rings. The predicted octanol–water partition coefficient (Wildman–Crippen LogP) is 3.02. The zero-order chi connectivity index (χ0) is 13.8. The van der Waals surface area contributed by atoms with E-state index in [4.69, 9.17) is 12.2 Å². The number of nitro groups is 1. The average Bonchev–Trinajstić information content (AvgIpc) is 2.39. The van der Waals surface area contributed by atoms with Gasteiger partial charge in [0.05, 0.1) is 4.92 Å². The minimum atomic E-state index is -0.406. The third-order valence-corrected chi connectivity index (χ3v) is 3.74. The molecule has 0 bridgehead atoms. The van der Waals surface area contributed by atoms with Crippen LogP contribution in [-0.4, -0.2) is 28.0 Å². The van der Waals surface area contributed by atoms with Crippen LogP contribution in [0, 0.1) is 16.0 Å². The quantitative estimate of drug-likeness (QED) is 0.512. The van der Waals surface area contributed by atoms with Crippen molar-refractivity contribution in [2.24, 2.45) is 5.92 Å². The molecule has 1 N–H and O–H groups in total. The molecular formula is C13H17N3O2S. The fourth-order valence-corrected chi connectivity index (χ4v) is 2.41. The monoisotopic (exact) mass is 279 g/mol. The van der Waals surface area contributed by atoms with E-state index in [9.17, 15) is 10.1 Å². The third kappa shape index (κ3) is 3.64. The van der Waals surface area contributed by atoms with Crippen molar-refractivity contribution in [1.29, 1.82) is 0 Å². The number of rotatable bonds is 2. The molecule has 1 aliphatic heterocycles. The maximum absolute atomic E-state index is 10.7. The summed E-state index contributed by atoms with van der Waals surface area (Å²) in [5.41, 5.74) is 0.734. The van der Waals surface area contributed by atoms with Crippen LogP contribution < -0.4 is 5.32 Å². The van der Waals surface area contributed by atoms with Gasteiger partial charge in [-0.1, -0.05) is 13.0 Å². The second-order valence-electron chi connectivity index (χ2n) is 4.91. The lowest BCUT2D eigenvalue weighted by molar-refractivity contribution is -0.384. The van der Waals surface area contributed by atoms with Gasteiger partial charge in [0.2, 0.25) is 0 Å². The molecule has 1 heterocycles. The standard InChI is InChI=1S/C13H17N3O2S/c1-10-5-7-15(8-6-10)13(19)14-11-3-2-4-12(9-11)16(17)18/h2-4,9-10H,5-8H2,1H3,(H,14,19). The van der Waals surface area contributed by atoms with Gasteiger partial charge in [0.25, 0.3) is 5.69 Å². The van der Waals surface area contributed by atoms with Crippen molar-refractivity contribution in [2.45, 2.75) is 19.8 Å². The van der Waals surface area contributed by atoms with Crippen LogP contribution in [0.5, 0.6) is 0 Å². The van der Waals surface area contributed by atoms with Crippen molar-refractivity contribution < 1.29 is 4.92 Å². The summed E-state index contributed by atoms with van der Waals surface area (Å²) < 4.78 is 0. The van der Waals surface area contributed by atoms with Gasteiger partial charge in [0, 0.05) is 30.9 Å². The Morgan fingerprint density at radius 3 is 2.79 bits per heavy atom. The van der Waals surface area contributed by atoms with Crippen molar-refractivity contribution >= 4 is 28.7 Å². The Hall–Kier alpha value is -1.69. The van der Waals surface area contributed by atoms with E-state index in [1.54, 1.807) is 12.1 Å². The normalized spacial score (nSPS) is 16.2. The highest BCUT2D eigenvalue weighted by Gasteiger charge is 2.18. The number of likely N-dealkylation sites (tertiary alicyclic amines) is 1. The van der Waals surface area contributed by atoms with Crippen molar-refractivity contribution in [3.63, 3.8) is 0 Å². The number of non-ortho nitro benzene ring substituents is 1. The summed E-state index contributed by atoms with van der Waals surface area (Å²) in [5, 5.41) is 14.4. The predicted molar refractivity (Wildman–Crippen MR) is 79.3 cm³/mol. The van der Waals surface area contributed by atoms with Gasteiger partial charge < -0.3 is 10.2 Å². The first-order valence-corrected chi connectivity index (χ1v) is 6.77. The molecule has 1 aromatic rings. The van der Waals surface area contributed by atoms with Gasteiger partial charge in [0.15, 0.2) is 5.11 Å². The van der Waals surface area contributed by atoms with Crippen molar-refractivity contribution in [3.05, 3.63) is 34.4 Å². The number of nitrogens with zero attached hydrogens (tertiary/aromatic N) is 2. The lowest BCUT2D eigenvalue weighted by Crippen LogP contribution is -2.40. The Morgan fingerprint density at radius 2 is 2.16 bits per heavy atom. The Kier molecular flexibility index (Phi) is 4.31. The fraction of sp³-hybridized carbons (Fsp3) is 0.462. The molecule has 0 unspecified atom stereocenters. The lowest BCUT2D eigenvalue weighted by Gasteiger charge is -2.32. The molecule has 6 heteroatoms. The van der Waals surface area contributed by atoms with Gasteiger partial charge in [-0.3, -0.25) is 10.1 Å². The van der Waals surface area contributed by atoms with Crippen molar-refractivity contribution in [2.75, 3.05) is 18.4 Å². The smallest absolute Gasteiger partial charge is 0.271 e. The number of thiocarbonyl (C=S) groups is 1. The van der Waals surface area contributed by atoms with Crippen LogP contribution in [0.2, 0.25) is 0 Å². The first-order valence-electron chi connectivity index (χ1n) is 6.36. The van der Waals surface area contributed by atoms with E-state index in [0.29, 0.717) is 10.8 Å². The van der Waals surface area contributed by atoms with E-state index in [0.717, 1.165) is 31.8 Å². The van der Waals surface area contributed by atoms with Crippen LogP contribution >= 0.6 is 12.2 Å². The summed E-state index contributed by atoms with van der Waals surface area (Å²) in [4.78, 5) is 12.4. The van der Waals surface area contributed by atoms with Gasteiger partial charge in [-0.2, -0.15) is 0 Å². The van der Waals surface area contributed by atoms with Gasteiger partial charge in [0.1, 0.15) is 0 Å². The maximum atomic E-state index is 10.7. The molecule has 0 radical (unpaired) electrons. The summed E-state index contributed by atoms with van der Waals surface area (Å²) in [7, 11) is 0. The van der Waals surface area contributed by atoms with Crippen LogP contribution in [0.4, 0.5) is 11.4 Å². The van der Waals surface area contributed by atoms with Crippen molar-refractivity contribution in [1.82, 2.24) is 4.90 Å². The van der Waals surface area contributed by atoms with Crippen LogP contribution in [-0.2, 0) is 0 Å². The number of piperidine rings is 1. The number of anilines is 1. The van der Waals surface area contributed by atoms with Gasteiger partial charge in [-0.05, 0) is 37.0 Å². The molecule has 19 heavy (non-hydrogen) atoms. The molecule has 1 aromatic carbocycles. The van der Waals surface area contributed by atoms with Crippen molar-refractivity contribution in [3.8, 4) is 0 Å². The van der Waals surface area contributed by atoms with Gasteiger partial charge in [-0.15, -0.1) is 0 Å². The first-order chi connectivity index (χ1) is 9.06. The minimum Gasteiger partial charge on any atom is -0.349 e. The van der Waals surface area contributed by atoms with Gasteiger partial charge in [-0.25, -0.2) is 0 Å². The summed E-state index contributed by atoms with van der Waals surface area (Å²) >= 11 is 5.35. The van der Waals surface area contributed by atoms with Crippen LogP contribution in [0.25, 0.3) is 0 Å². The van der Waals surface area contributed by atoms with Crippen LogP contribution in [0.1, 0.15) is 19.8 Å². The number of benzene rings is 1. The van der Waals surface area contributed by atoms with Crippen LogP contribution in [0.15, 0.2) is 24.3 Å².